The molecule has 1 aliphatic heterocycles. The second-order valence-electron chi connectivity index (χ2n) is 4.45. The molecule has 0 unspecified atom stereocenters. The summed E-state index contributed by atoms with van der Waals surface area (Å²) in [6.07, 6.45) is -1.17. The minimum atomic E-state index is -4.31. The van der Waals surface area contributed by atoms with Crippen molar-refractivity contribution in [2.45, 2.75) is 25.4 Å². The van der Waals surface area contributed by atoms with Gasteiger partial charge >= 0.3 is 6.18 Å². The predicted molar refractivity (Wildman–Crippen MR) is 67.2 cm³/mol. The van der Waals surface area contributed by atoms with Gasteiger partial charge in [-0.15, -0.1) is 0 Å². The van der Waals surface area contributed by atoms with Crippen molar-refractivity contribution < 1.29 is 13.2 Å². The van der Waals surface area contributed by atoms with Crippen molar-refractivity contribution in [2.24, 2.45) is 4.36 Å². The first-order valence-electron chi connectivity index (χ1n) is 5.83. The fraction of sp³-hybridized carbons (Fsp3) is 0.500. The van der Waals surface area contributed by atoms with Crippen molar-refractivity contribution in [3.63, 3.8) is 0 Å². The lowest BCUT2D eigenvalue weighted by atomic mass is 10.2. The average Bonchev–Trinajstić information content (AvgIpc) is 2.29. The van der Waals surface area contributed by atoms with Crippen LogP contribution in [0.4, 0.5) is 18.9 Å². The second kappa shape index (κ2) is 4.91. The van der Waals surface area contributed by atoms with Crippen molar-refractivity contribution in [3.8, 4) is 0 Å². The van der Waals surface area contributed by atoms with Crippen LogP contribution in [0.2, 0.25) is 0 Å². The highest BCUT2D eigenvalue weighted by Gasteiger charge is 2.29. The zero-order chi connectivity index (χ0) is 13.2. The number of nitrogens with one attached hydrogen (secondary N) is 1. The van der Waals surface area contributed by atoms with Gasteiger partial charge in [-0.2, -0.15) is 13.2 Å². The molecule has 0 aliphatic carbocycles. The van der Waals surface area contributed by atoms with Gasteiger partial charge in [-0.05, 0) is 37.1 Å². The Balaban J connectivity index is 2.25. The number of hydrogen-bond acceptors (Lipinski definition) is 2. The third-order valence-corrected chi connectivity index (χ3v) is 5.43. The third-order valence-electron chi connectivity index (χ3n) is 2.94. The van der Waals surface area contributed by atoms with Gasteiger partial charge in [-0.25, -0.2) is 4.36 Å². The molecule has 1 saturated heterocycles. The van der Waals surface area contributed by atoms with Crippen LogP contribution in [0.5, 0.6) is 0 Å². The Morgan fingerprint density at radius 2 is 1.56 bits per heavy atom. The summed E-state index contributed by atoms with van der Waals surface area (Å²) in [7, 11) is -1.75. The first kappa shape index (κ1) is 13.4. The topological polar surface area (TPSA) is 36.2 Å². The van der Waals surface area contributed by atoms with E-state index in [4.69, 9.17) is 4.78 Å². The van der Waals surface area contributed by atoms with Crippen molar-refractivity contribution in [2.75, 3.05) is 11.5 Å². The van der Waals surface area contributed by atoms with Crippen LogP contribution in [-0.2, 0) is 15.8 Å². The Hall–Kier alpha value is -1.04. The molecule has 0 atom stereocenters. The van der Waals surface area contributed by atoms with Crippen LogP contribution in [0.25, 0.3) is 0 Å². The maximum atomic E-state index is 12.4. The van der Waals surface area contributed by atoms with Crippen molar-refractivity contribution >= 4 is 15.3 Å². The molecule has 0 amide bonds. The molecule has 1 aromatic rings. The zero-order valence-electron chi connectivity index (χ0n) is 9.83. The highest BCUT2D eigenvalue weighted by Crippen LogP contribution is 2.31. The van der Waals surface area contributed by atoms with E-state index in [0.29, 0.717) is 5.69 Å². The van der Waals surface area contributed by atoms with E-state index in [1.807, 2.05) is 0 Å². The van der Waals surface area contributed by atoms with E-state index < -0.39 is 21.4 Å². The third kappa shape index (κ3) is 3.25. The SMILES string of the molecule is N=S1(=Nc2ccc(C(F)(F)F)cc2)CCCCC1. The summed E-state index contributed by atoms with van der Waals surface area (Å²) in [5, 5.41) is 0. The number of rotatable bonds is 1. The number of halogens is 3. The lowest BCUT2D eigenvalue weighted by Gasteiger charge is -2.18. The lowest BCUT2D eigenvalue weighted by Crippen LogP contribution is -2.14. The molecule has 2 rings (SSSR count). The minimum absolute atomic E-state index is 0.495. The van der Waals surface area contributed by atoms with E-state index in [2.05, 4.69) is 4.36 Å². The molecule has 1 heterocycles. The summed E-state index contributed by atoms with van der Waals surface area (Å²) in [5.41, 5.74) is -0.172. The lowest BCUT2D eigenvalue weighted by molar-refractivity contribution is -0.137. The van der Waals surface area contributed by atoms with Gasteiger partial charge in [0.05, 0.1) is 11.3 Å². The quantitative estimate of drug-likeness (QED) is 0.777. The number of alkyl halides is 3. The molecule has 2 nitrogen and oxygen atoms in total. The fourth-order valence-electron chi connectivity index (χ4n) is 1.96. The average molecular weight is 276 g/mol. The monoisotopic (exact) mass is 276 g/mol. The van der Waals surface area contributed by atoms with Crippen LogP contribution in [0, 0.1) is 4.78 Å². The van der Waals surface area contributed by atoms with E-state index in [-0.39, 0.29) is 0 Å². The molecular formula is C12H15F3N2S. The van der Waals surface area contributed by atoms with Gasteiger partial charge in [0, 0.05) is 11.5 Å². The van der Waals surface area contributed by atoms with Crippen LogP contribution in [0.15, 0.2) is 28.6 Å². The summed E-state index contributed by atoms with van der Waals surface area (Å²) in [6, 6.07) is 4.79. The molecule has 1 N–H and O–H groups in total. The molecule has 0 spiro atoms. The van der Waals surface area contributed by atoms with Crippen molar-refractivity contribution in [1.29, 1.82) is 4.78 Å². The van der Waals surface area contributed by atoms with E-state index >= 15 is 0 Å². The first-order valence-corrected chi connectivity index (χ1v) is 7.75. The molecule has 100 valence electrons. The van der Waals surface area contributed by atoms with Gasteiger partial charge in [0.25, 0.3) is 0 Å². The van der Waals surface area contributed by atoms with Gasteiger partial charge < -0.3 is 0 Å². The highest BCUT2D eigenvalue weighted by atomic mass is 32.2. The standard InChI is InChI=1S/C12H15F3N2S/c13-12(14,15)10-4-6-11(7-5-10)17-18(16)8-2-1-3-9-18/h4-7,16H,1-3,8-9H2. The summed E-state index contributed by atoms with van der Waals surface area (Å²) in [4.78, 5) is 0. The Labute approximate surface area is 105 Å². The molecule has 0 bridgehead atoms. The molecule has 0 saturated carbocycles. The Morgan fingerprint density at radius 3 is 2.06 bits per heavy atom. The molecular weight excluding hydrogens is 261 g/mol. The fourth-order valence-corrected chi connectivity index (χ4v) is 4.24. The summed E-state index contributed by atoms with van der Waals surface area (Å²) >= 11 is 0. The van der Waals surface area contributed by atoms with Gasteiger partial charge in [0.2, 0.25) is 0 Å². The second-order valence-corrected chi connectivity index (χ2v) is 7.13. The van der Waals surface area contributed by atoms with Crippen LogP contribution in [-0.4, -0.2) is 11.5 Å². The maximum absolute atomic E-state index is 12.4. The Bertz CT molecular complexity index is 513. The minimum Gasteiger partial charge on any atom is -0.270 e. The van der Waals surface area contributed by atoms with Crippen LogP contribution in [0.3, 0.4) is 0 Å². The van der Waals surface area contributed by atoms with Crippen LogP contribution < -0.4 is 0 Å². The number of nitrogens with zero attached hydrogens (tertiary/aromatic N) is 1. The highest BCUT2D eigenvalue weighted by molar-refractivity contribution is 7.94. The van der Waals surface area contributed by atoms with E-state index in [9.17, 15) is 13.2 Å². The van der Waals surface area contributed by atoms with Crippen LogP contribution in [0.1, 0.15) is 24.8 Å². The van der Waals surface area contributed by atoms with E-state index in [1.54, 1.807) is 0 Å². The first-order chi connectivity index (χ1) is 8.39. The number of hydrogen-bond donors (Lipinski definition) is 1. The molecule has 1 fully saturated rings. The summed E-state index contributed by atoms with van der Waals surface area (Å²) < 4.78 is 49.8. The molecule has 18 heavy (non-hydrogen) atoms. The maximum Gasteiger partial charge on any atom is 0.416 e. The largest absolute Gasteiger partial charge is 0.416 e. The molecule has 1 aromatic carbocycles. The number of benzene rings is 1. The smallest absolute Gasteiger partial charge is 0.270 e. The van der Waals surface area contributed by atoms with Gasteiger partial charge in [0.15, 0.2) is 0 Å². The summed E-state index contributed by atoms with van der Waals surface area (Å²) in [5.74, 6) is 1.54. The van der Waals surface area contributed by atoms with E-state index in [0.717, 1.165) is 42.9 Å². The van der Waals surface area contributed by atoms with E-state index in [1.165, 1.54) is 12.1 Å². The normalized spacial score (nSPS) is 19.5. The van der Waals surface area contributed by atoms with Gasteiger partial charge in [-0.3, -0.25) is 4.78 Å². The summed E-state index contributed by atoms with van der Waals surface area (Å²) in [6.45, 7) is 0. The Kier molecular flexibility index (Phi) is 3.66. The Morgan fingerprint density at radius 1 is 1.00 bits per heavy atom. The van der Waals surface area contributed by atoms with Gasteiger partial charge in [-0.1, -0.05) is 16.0 Å². The molecule has 6 heteroatoms. The molecule has 0 aromatic heterocycles. The van der Waals surface area contributed by atoms with Gasteiger partial charge in [0.1, 0.15) is 0 Å². The van der Waals surface area contributed by atoms with Crippen molar-refractivity contribution in [3.05, 3.63) is 29.8 Å². The predicted octanol–water partition coefficient (Wildman–Crippen LogP) is 4.62. The van der Waals surface area contributed by atoms with Crippen LogP contribution >= 0.6 is 0 Å². The molecule has 1 aliphatic rings. The van der Waals surface area contributed by atoms with Crippen molar-refractivity contribution in [1.82, 2.24) is 0 Å². The molecule has 0 radical (unpaired) electrons. The zero-order valence-corrected chi connectivity index (χ0v) is 10.7.